The van der Waals surface area contributed by atoms with Gasteiger partial charge in [-0.3, -0.25) is 4.79 Å². The average Bonchev–Trinajstić information content (AvgIpc) is 2.62. The number of carbonyl (C=O) groups excluding carboxylic acids is 1. The van der Waals surface area contributed by atoms with Crippen molar-refractivity contribution in [3.8, 4) is 0 Å². The standard InChI is InChI=1S/C20H22N2O3S/c1-13(2)19(20(24)25)21-18(23)11-12-22-14-7-3-5-9-16(14)26-17-10-6-4-8-15(17)22/h3-10,13,19H,11-12H2,1-2H3,(H,21,23)(H,24,25)/t19-/m0/s1. The van der Waals surface area contributed by atoms with E-state index in [1.54, 1.807) is 25.6 Å². The third-order valence-corrected chi connectivity index (χ3v) is 5.47. The van der Waals surface area contributed by atoms with E-state index in [4.69, 9.17) is 0 Å². The molecule has 2 N–H and O–H groups in total. The highest BCUT2D eigenvalue weighted by atomic mass is 32.2. The second-order valence-corrected chi connectivity index (χ2v) is 7.65. The van der Waals surface area contributed by atoms with Crippen molar-refractivity contribution in [3.05, 3.63) is 48.5 Å². The first-order valence-corrected chi connectivity index (χ1v) is 9.44. The predicted molar refractivity (Wildman–Crippen MR) is 103 cm³/mol. The number of carboxylic acids is 1. The molecule has 3 rings (SSSR count). The number of fused-ring (bicyclic) bond motifs is 2. The fraction of sp³-hybridized carbons (Fsp3) is 0.300. The van der Waals surface area contributed by atoms with Crippen LogP contribution in [0.1, 0.15) is 20.3 Å². The fourth-order valence-corrected chi connectivity index (χ4v) is 4.09. The number of hydrogen-bond donors (Lipinski definition) is 2. The van der Waals surface area contributed by atoms with Gasteiger partial charge < -0.3 is 15.3 Å². The molecule has 0 aliphatic carbocycles. The molecule has 2 aromatic carbocycles. The molecular weight excluding hydrogens is 348 g/mol. The zero-order valence-electron chi connectivity index (χ0n) is 14.8. The summed E-state index contributed by atoms with van der Waals surface area (Å²) in [6, 6.07) is 15.4. The molecular formula is C20H22N2O3S. The lowest BCUT2D eigenvalue weighted by Crippen LogP contribution is -2.45. The Bertz CT molecular complexity index is 777. The van der Waals surface area contributed by atoms with Gasteiger partial charge >= 0.3 is 5.97 Å². The van der Waals surface area contributed by atoms with Gasteiger partial charge in [-0.1, -0.05) is 49.9 Å². The molecule has 0 unspecified atom stereocenters. The van der Waals surface area contributed by atoms with Crippen LogP contribution in [0.3, 0.4) is 0 Å². The molecule has 0 saturated heterocycles. The molecule has 26 heavy (non-hydrogen) atoms. The Balaban J connectivity index is 1.76. The first-order valence-electron chi connectivity index (χ1n) is 8.63. The van der Waals surface area contributed by atoms with E-state index in [1.807, 2.05) is 36.4 Å². The van der Waals surface area contributed by atoms with Gasteiger partial charge in [0.1, 0.15) is 6.04 Å². The van der Waals surface area contributed by atoms with Crippen molar-refractivity contribution in [3.63, 3.8) is 0 Å². The van der Waals surface area contributed by atoms with Gasteiger partial charge in [0.15, 0.2) is 0 Å². The third-order valence-electron chi connectivity index (χ3n) is 4.34. The minimum atomic E-state index is -1.00. The number of anilines is 2. The second kappa shape index (κ2) is 7.83. The van der Waals surface area contributed by atoms with Crippen LogP contribution < -0.4 is 10.2 Å². The van der Waals surface area contributed by atoms with Crippen LogP contribution in [0, 0.1) is 5.92 Å². The van der Waals surface area contributed by atoms with Gasteiger partial charge in [0.2, 0.25) is 5.91 Å². The number of rotatable bonds is 6. The summed E-state index contributed by atoms with van der Waals surface area (Å²) in [5, 5.41) is 11.9. The van der Waals surface area contributed by atoms with Crippen molar-refractivity contribution in [2.75, 3.05) is 11.4 Å². The maximum Gasteiger partial charge on any atom is 0.326 e. The Morgan fingerprint density at radius 1 is 1.04 bits per heavy atom. The highest BCUT2D eigenvalue weighted by Gasteiger charge is 2.26. The molecule has 0 bridgehead atoms. The van der Waals surface area contributed by atoms with Crippen LogP contribution in [-0.4, -0.2) is 29.6 Å². The number of nitrogens with one attached hydrogen (secondary N) is 1. The van der Waals surface area contributed by atoms with E-state index < -0.39 is 12.0 Å². The number of aliphatic carboxylic acids is 1. The van der Waals surface area contributed by atoms with Crippen LogP contribution in [0.2, 0.25) is 0 Å². The van der Waals surface area contributed by atoms with Crippen molar-refractivity contribution in [1.82, 2.24) is 5.32 Å². The number of benzene rings is 2. The van der Waals surface area contributed by atoms with Gasteiger partial charge in [0.25, 0.3) is 0 Å². The van der Waals surface area contributed by atoms with Crippen LogP contribution in [0.4, 0.5) is 11.4 Å². The zero-order valence-corrected chi connectivity index (χ0v) is 15.6. The van der Waals surface area contributed by atoms with Crippen LogP contribution in [0.25, 0.3) is 0 Å². The van der Waals surface area contributed by atoms with Crippen molar-refractivity contribution >= 4 is 35.0 Å². The SMILES string of the molecule is CC(C)[C@H](NC(=O)CCN1c2ccccc2Sc2ccccc21)C(=O)O. The third kappa shape index (κ3) is 3.85. The summed E-state index contributed by atoms with van der Waals surface area (Å²) in [7, 11) is 0. The molecule has 136 valence electrons. The van der Waals surface area contributed by atoms with E-state index in [1.165, 1.54) is 0 Å². The van der Waals surface area contributed by atoms with Gasteiger partial charge in [-0.05, 0) is 30.2 Å². The van der Waals surface area contributed by atoms with E-state index in [0.717, 1.165) is 21.2 Å². The topological polar surface area (TPSA) is 69.6 Å². The summed E-state index contributed by atoms with van der Waals surface area (Å²) in [6.07, 6.45) is 0.226. The number of amides is 1. The Labute approximate surface area is 157 Å². The monoisotopic (exact) mass is 370 g/mol. The minimum absolute atomic E-state index is 0.163. The molecule has 1 aliphatic heterocycles. The Morgan fingerprint density at radius 2 is 1.58 bits per heavy atom. The van der Waals surface area contributed by atoms with Crippen LogP contribution in [0.5, 0.6) is 0 Å². The maximum atomic E-state index is 12.3. The fourth-order valence-electron chi connectivity index (χ4n) is 2.99. The summed E-state index contributed by atoms with van der Waals surface area (Å²) < 4.78 is 0. The molecule has 1 atom stereocenters. The van der Waals surface area contributed by atoms with Gasteiger partial charge in [-0.2, -0.15) is 0 Å². The highest BCUT2D eigenvalue weighted by Crippen LogP contribution is 2.47. The van der Waals surface area contributed by atoms with Crippen molar-refractivity contribution in [2.45, 2.75) is 36.1 Å². The Hall–Kier alpha value is -2.47. The van der Waals surface area contributed by atoms with E-state index in [9.17, 15) is 14.7 Å². The lowest BCUT2D eigenvalue weighted by Gasteiger charge is -2.32. The predicted octanol–water partition coefficient (Wildman–Crippen LogP) is 3.90. The largest absolute Gasteiger partial charge is 0.480 e. The second-order valence-electron chi connectivity index (χ2n) is 6.57. The van der Waals surface area contributed by atoms with Gasteiger partial charge in [-0.25, -0.2) is 4.79 Å². The first-order chi connectivity index (χ1) is 12.5. The molecule has 0 radical (unpaired) electrons. The summed E-state index contributed by atoms with van der Waals surface area (Å²) in [5.74, 6) is -1.41. The molecule has 1 heterocycles. The van der Waals surface area contributed by atoms with Crippen LogP contribution >= 0.6 is 11.8 Å². The van der Waals surface area contributed by atoms with Crippen LogP contribution in [0.15, 0.2) is 58.3 Å². The zero-order chi connectivity index (χ0) is 18.7. The smallest absolute Gasteiger partial charge is 0.326 e. The van der Waals surface area contributed by atoms with Gasteiger partial charge in [0.05, 0.1) is 11.4 Å². The summed E-state index contributed by atoms with van der Waals surface area (Å²) >= 11 is 1.72. The molecule has 0 fully saturated rings. The highest BCUT2D eigenvalue weighted by molar-refractivity contribution is 7.99. The molecule has 1 amide bonds. The van der Waals surface area contributed by atoms with E-state index >= 15 is 0 Å². The number of nitrogens with zero attached hydrogens (tertiary/aromatic N) is 1. The minimum Gasteiger partial charge on any atom is -0.480 e. The van der Waals surface area contributed by atoms with Crippen molar-refractivity contribution in [2.24, 2.45) is 5.92 Å². The Kier molecular flexibility index (Phi) is 5.52. The normalized spacial score (nSPS) is 13.7. The lowest BCUT2D eigenvalue weighted by molar-refractivity contribution is -0.143. The molecule has 1 aliphatic rings. The van der Waals surface area contributed by atoms with E-state index in [2.05, 4.69) is 22.3 Å². The molecule has 6 heteroatoms. The summed E-state index contributed by atoms with van der Waals surface area (Å²) in [5.41, 5.74) is 2.14. The van der Waals surface area contributed by atoms with E-state index in [0.29, 0.717) is 6.54 Å². The number of carboxylic acid groups (broad SMARTS) is 1. The first kappa shape index (κ1) is 18.3. The lowest BCUT2D eigenvalue weighted by atomic mass is 10.0. The number of carbonyl (C=O) groups is 2. The van der Waals surface area contributed by atoms with E-state index in [-0.39, 0.29) is 18.2 Å². The quantitative estimate of drug-likeness (QED) is 0.807. The van der Waals surface area contributed by atoms with Gasteiger partial charge in [-0.15, -0.1) is 0 Å². The average molecular weight is 370 g/mol. The molecule has 0 saturated carbocycles. The number of para-hydroxylation sites is 2. The van der Waals surface area contributed by atoms with Gasteiger partial charge in [0, 0.05) is 22.8 Å². The maximum absolute atomic E-state index is 12.3. The number of hydrogen-bond acceptors (Lipinski definition) is 4. The molecule has 0 spiro atoms. The van der Waals surface area contributed by atoms with Crippen LogP contribution in [-0.2, 0) is 9.59 Å². The summed E-state index contributed by atoms with van der Waals surface area (Å²) in [4.78, 5) is 28.0. The molecule has 0 aromatic heterocycles. The van der Waals surface area contributed by atoms with Crippen molar-refractivity contribution in [1.29, 1.82) is 0 Å². The molecule has 5 nitrogen and oxygen atoms in total. The Morgan fingerprint density at radius 3 is 2.08 bits per heavy atom. The summed E-state index contributed by atoms with van der Waals surface area (Å²) in [6.45, 7) is 4.06. The van der Waals surface area contributed by atoms with Crippen molar-refractivity contribution < 1.29 is 14.7 Å². The molecule has 2 aromatic rings.